The van der Waals surface area contributed by atoms with E-state index in [-0.39, 0.29) is 0 Å². The predicted octanol–water partition coefficient (Wildman–Crippen LogP) is 3.73. The van der Waals surface area contributed by atoms with Crippen molar-refractivity contribution < 1.29 is 9.52 Å². The van der Waals surface area contributed by atoms with Crippen molar-refractivity contribution in [3.8, 4) is 0 Å². The van der Waals surface area contributed by atoms with Crippen molar-refractivity contribution >= 4 is 22.6 Å². The van der Waals surface area contributed by atoms with E-state index in [1.165, 1.54) is 0 Å². The number of para-hydroxylation sites is 1. The van der Waals surface area contributed by atoms with Crippen LogP contribution in [0.15, 0.2) is 28.7 Å². The van der Waals surface area contributed by atoms with Gasteiger partial charge in [0, 0.05) is 24.1 Å². The van der Waals surface area contributed by atoms with Crippen molar-refractivity contribution in [3.63, 3.8) is 0 Å². The molecule has 1 heterocycles. The molecule has 0 saturated heterocycles. The van der Waals surface area contributed by atoms with Crippen LogP contribution in [-0.2, 0) is 6.54 Å². The molecule has 2 rings (SSSR count). The highest BCUT2D eigenvalue weighted by molar-refractivity contribution is 6.30. The number of aliphatic hydroxyl groups excluding tert-OH is 1. The molecular formula is C15H20ClNO2. The van der Waals surface area contributed by atoms with E-state index >= 15 is 0 Å². The Morgan fingerprint density at radius 1 is 1.11 bits per heavy atom. The third kappa shape index (κ3) is 3.96. The van der Waals surface area contributed by atoms with Gasteiger partial charge in [0.05, 0.1) is 0 Å². The molecule has 0 radical (unpaired) electrons. The number of halogens is 1. The maximum atomic E-state index is 8.68. The molecule has 0 unspecified atom stereocenters. The minimum Gasteiger partial charge on any atom is -0.444 e. The highest BCUT2D eigenvalue weighted by Gasteiger charge is 2.10. The van der Waals surface area contributed by atoms with Crippen LogP contribution in [0.4, 0.5) is 0 Å². The van der Waals surface area contributed by atoms with Crippen molar-refractivity contribution in [1.29, 1.82) is 0 Å². The number of hydrogen-bond acceptors (Lipinski definition) is 3. The summed E-state index contributed by atoms with van der Waals surface area (Å²) in [7, 11) is 0. The van der Waals surface area contributed by atoms with Crippen molar-refractivity contribution in [2.75, 3.05) is 13.2 Å². The second-order valence-corrected chi connectivity index (χ2v) is 5.01. The molecule has 0 atom stereocenters. The Kier molecular flexibility index (Phi) is 5.70. The van der Waals surface area contributed by atoms with Crippen molar-refractivity contribution in [2.24, 2.45) is 0 Å². The van der Waals surface area contributed by atoms with E-state index in [0.29, 0.717) is 11.8 Å². The summed E-state index contributed by atoms with van der Waals surface area (Å²) in [5.74, 6) is 0. The fourth-order valence-corrected chi connectivity index (χ4v) is 2.41. The highest BCUT2D eigenvalue weighted by atomic mass is 35.5. The van der Waals surface area contributed by atoms with E-state index in [2.05, 4.69) is 5.32 Å². The number of aliphatic hydroxyl groups is 1. The van der Waals surface area contributed by atoms with Crippen molar-refractivity contribution in [2.45, 2.75) is 32.2 Å². The summed E-state index contributed by atoms with van der Waals surface area (Å²) in [6, 6.07) is 7.90. The monoisotopic (exact) mass is 281 g/mol. The van der Waals surface area contributed by atoms with E-state index in [9.17, 15) is 0 Å². The average Bonchev–Trinajstić information content (AvgIpc) is 2.74. The quantitative estimate of drug-likeness (QED) is 0.725. The van der Waals surface area contributed by atoms with Crippen LogP contribution in [0, 0.1) is 0 Å². The van der Waals surface area contributed by atoms with E-state index in [0.717, 1.165) is 55.3 Å². The molecule has 4 heteroatoms. The molecule has 0 amide bonds. The van der Waals surface area contributed by atoms with E-state index in [1.807, 2.05) is 24.3 Å². The Morgan fingerprint density at radius 3 is 2.74 bits per heavy atom. The Labute approximate surface area is 118 Å². The van der Waals surface area contributed by atoms with Gasteiger partial charge in [-0.05, 0) is 37.1 Å². The topological polar surface area (TPSA) is 45.4 Å². The molecule has 1 aromatic heterocycles. The molecule has 0 aliphatic carbocycles. The van der Waals surface area contributed by atoms with Gasteiger partial charge in [0.25, 0.3) is 0 Å². The lowest BCUT2D eigenvalue weighted by molar-refractivity contribution is 0.282. The molecule has 2 N–H and O–H groups in total. The first-order valence-corrected chi connectivity index (χ1v) is 7.18. The fourth-order valence-electron chi connectivity index (χ4n) is 2.16. The Morgan fingerprint density at radius 2 is 1.89 bits per heavy atom. The maximum Gasteiger partial charge on any atom is 0.199 e. The standard InChI is InChI=1S/C15H20ClNO2/c16-15-13(11-17-9-5-1-2-6-10-18)12-7-3-4-8-14(12)19-15/h3-4,7-8,17-18H,1-2,5-6,9-11H2. The normalized spacial score (nSPS) is 11.3. The maximum absolute atomic E-state index is 8.68. The molecule has 3 nitrogen and oxygen atoms in total. The van der Waals surface area contributed by atoms with Crippen molar-refractivity contribution in [3.05, 3.63) is 35.0 Å². The molecule has 19 heavy (non-hydrogen) atoms. The number of nitrogens with one attached hydrogen (secondary N) is 1. The molecule has 104 valence electrons. The van der Waals surface area contributed by atoms with Crippen LogP contribution in [0.25, 0.3) is 11.0 Å². The Hall–Kier alpha value is -1.03. The lowest BCUT2D eigenvalue weighted by atomic mass is 10.1. The molecule has 0 bridgehead atoms. The first-order valence-electron chi connectivity index (χ1n) is 6.80. The van der Waals surface area contributed by atoms with Crippen LogP contribution in [0.3, 0.4) is 0 Å². The molecule has 0 aliphatic rings. The summed E-state index contributed by atoms with van der Waals surface area (Å²) < 4.78 is 5.51. The lowest BCUT2D eigenvalue weighted by Crippen LogP contribution is -2.14. The van der Waals surface area contributed by atoms with E-state index in [1.54, 1.807) is 0 Å². The highest BCUT2D eigenvalue weighted by Crippen LogP contribution is 2.29. The summed E-state index contributed by atoms with van der Waals surface area (Å²) >= 11 is 6.11. The van der Waals surface area contributed by atoms with Crippen LogP contribution in [0.5, 0.6) is 0 Å². The number of furan rings is 1. The molecule has 2 aromatic rings. The minimum absolute atomic E-state index is 0.296. The van der Waals surface area contributed by atoms with Crippen LogP contribution >= 0.6 is 11.6 Å². The first kappa shape index (κ1) is 14.4. The molecular weight excluding hydrogens is 262 g/mol. The average molecular weight is 282 g/mol. The third-order valence-corrected chi connectivity index (χ3v) is 3.52. The third-order valence-electron chi connectivity index (χ3n) is 3.21. The summed E-state index contributed by atoms with van der Waals surface area (Å²) in [5, 5.41) is 13.6. The Balaban J connectivity index is 1.80. The van der Waals surface area contributed by atoms with Gasteiger partial charge >= 0.3 is 0 Å². The van der Waals surface area contributed by atoms with Crippen LogP contribution in [-0.4, -0.2) is 18.3 Å². The second kappa shape index (κ2) is 7.53. The van der Waals surface area contributed by atoms with Gasteiger partial charge in [-0.1, -0.05) is 31.0 Å². The number of rotatable bonds is 8. The summed E-state index contributed by atoms with van der Waals surface area (Å²) in [4.78, 5) is 0. The Bertz CT molecular complexity index is 510. The smallest absolute Gasteiger partial charge is 0.199 e. The largest absolute Gasteiger partial charge is 0.444 e. The van der Waals surface area contributed by atoms with Crippen molar-refractivity contribution in [1.82, 2.24) is 5.32 Å². The number of hydrogen-bond donors (Lipinski definition) is 2. The zero-order valence-corrected chi connectivity index (χ0v) is 11.7. The number of unbranched alkanes of at least 4 members (excludes halogenated alkanes) is 3. The minimum atomic E-state index is 0.296. The predicted molar refractivity (Wildman–Crippen MR) is 78.5 cm³/mol. The first-order chi connectivity index (χ1) is 9.33. The van der Waals surface area contributed by atoms with E-state index in [4.69, 9.17) is 21.1 Å². The van der Waals surface area contributed by atoms with Gasteiger partial charge in [0.1, 0.15) is 5.58 Å². The van der Waals surface area contributed by atoms with Gasteiger partial charge in [-0.3, -0.25) is 0 Å². The molecule has 0 spiro atoms. The molecule has 0 saturated carbocycles. The van der Waals surface area contributed by atoms with Crippen LogP contribution < -0.4 is 5.32 Å². The second-order valence-electron chi connectivity index (χ2n) is 4.67. The van der Waals surface area contributed by atoms with E-state index < -0.39 is 0 Å². The van der Waals surface area contributed by atoms with Gasteiger partial charge in [-0.25, -0.2) is 0 Å². The van der Waals surface area contributed by atoms with Gasteiger partial charge in [-0.2, -0.15) is 0 Å². The van der Waals surface area contributed by atoms with Gasteiger partial charge in [0.15, 0.2) is 5.22 Å². The zero-order chi connectivity index (χ0) is 13.5. The lowest BCUT2D eigenvalue weighted by Gasteiger charge is -2.04. The van der Waals surface area contributed by atoms with Crippen LogP contribution in [0.2, 0.25) is 5.22 Å². The van der Waals surface area contributed by atoms with Gasteiger partial charge in [0.2, 0.25) is 0 Å². The van der Waals surface area contributed by atoms with Gasteiger partial charge < -0.3 is 14.8 Å². The molecule has 0 aliphatic heterocycles. The molecule has 1 aromatic carbocycles. The number of fused-ring (bicyclic) bond motifs is 1. The van der Waals surface area contributed by atoms with Crippen LogP contribution in [0.1, 0.15) is 31.2 Å². The summed E-state index contributed by atoms with van der Waals surface area (Å²) in [6.07, 6.45) is 4.26. The summed E-state index contributed by atoms with van der Waals surface area (Å²) in [5.41, 5.74) is 1.87. The number of benzene rings is 1. The molecule has 0 fully saturated rings. The zero-order valence-electron chi connectivity index (χ0n) is 11.0. The SMILES string of the molecule is OCCCCCCNCc1c(Cl)oc2ccccc12. The van der Waals surface area contributed by atoms with Gasteiger partial charge in [-0.15, -0.1) is 0 Å². The summed E-state index contributed by atoms with van der Waals surface area (Å²) in [6.45, 7) is 1.99. The fraction of sp³-hybridized carbons (Fsp3) is 0.467.